The van der Waals surface area contributed by atoms with Crippen LogP contribution in [0.3, 0.4) is 0 Å². The summed E-state index contributed by atoms with van der Waals surface area (Å²) in [6.07, 6.45) is -10.7. The molecule has 0 aromatic carbocycles. The summed E-state index contributed by atoms with van der Waals surface area (Å²) in [7, 11) is 0. The zero-order chi connectivity index (χ0) is 14.6. The molecule has 0 saturated heterocycles. The highest BCUT2D eigenvalue weighted by Gasteiger charge is 2.53. The molecule has 0 saturated carbocycles. The van der Waals surface area contributed by atoms with E-state index in [-0.39, 0.29) is 5.75 Å². The molecular weight excluding hydrogens is 289 g/mol. The van der Waals surface area contributed by atoms with Crippen LogP contribution in [0, 0.1) is 0 Å². The van der Waals surface area contributed by atoms with E-state index in [1.165, 1.54) is 0 Å². The van der Waals surface area contributed by atoms with E-state index in [2.05, 4.69) is 0 Å². The second-order valence-electron chi connectivity index (χ2n) is 3.60. The van der Waals surface area contributed by atoms with Crippen LogP contribution >= 0.6 is 11.8 Å². The van der Waals surface area contributed by atoms with Crippen molar-refractivity contribution in [1.29, 1.82) is 0 Å². The summed E-state index contributed by atoms with van der Waals surface area (Å²) in [4.78, 5) is 10.4. The molecule has 108 valence electrons. The molecule has 9 heteroatoms. The molecule has 1 nitrogen and oxygen atoms in total. The predicted molar refractivity (Wildman–Crippen MR) is 53.2 cm³/mol. The smallest absolute Gasteiger partial charge is 0.288 e. The second-order valence-corrected chi connectivity index (χ2v) is 4.87. The molecule has 0 heterocycles. The Labute approximate surface area is 103 Å². The molecule has 0 radical (unpaired) electrons. The molecule has 0 aromatic rings. The number of rotatable bonds is 7. The monoisotopic (exact) mass is 300 g/mol. The predicted octanol–water partition coefficient (Wildman–Crippen LogP) is 3.92. The number of thioether (sulfide) groups is 1. The number of carbonyl (C=O) groups is 1. The van der Waals surface area contributed by atoms with Gasteiger partial charge in [0.25, 0.3) is 5.92 Å². The van der Waals surface area contributed by atoms with Crippen molar-refractivity contribution in [3.8, 4) is 0 Å². The van der Waals surface area contributed by atoms with Crippen LogP contribution in [-0.2, 0) is 4.79 Å². The van der Waals surface area contributed by atoms with Gasteiger partial charge in [-0.25, -0.2) is 30.7 Å². The van der Waals surface area contributed by atoms with Crippen molar-refractivity contribution < 1.29 is 35.5 Å². The first-order valence-electron chi connectivity index (χ1n) is 4.80. The molecule has 0 bridgehead atoms. The van der Waals surface area contributed by atoms with Gasteiger partial charge in [-0.3, -0.25) is 4.79 Å². The van der Waals surface area contributed by atoms with Gasteiger partial charge in [-0.15, -0.1) is 0 Å². The van der Waals surface area contributed by atoms with E-state index in [9.17, 15) is 35.5 Å². The number of carbonyl (C=O) groups excluding carboxylic acids is 1. The van der Waals surface area contributed by atoms with Crippen LogP contribution in [0.1, 0.15) is 19.8 Å². The molecule has 0 aliphatic heterocycles. The fraction of sp³-hybridized carbons (Fsp3) is 0.889. The first kappa shape index (κ1) is 17.5. The van der Waals surface area contributed by atoms with Gasteiger partial charge >= 0.3 is 12.3 Å². The van der Waals surface area contributed by atoms with Crippen LogP contribution in [0.25, 0.3) is 0 Å². The fourth-order valence-corrected chi connectivity index (χ4v) is 1.63. The Balaban J connectivity index is 4.39. The topological polar surface area (TPSA) is 17.1 Å². The highest BCUT2D eigenvalue weighted by Crippen LogP contribution is 2.39. The van der Waals surface area contributed by atoms with E-state index in [1.807, 2.05) is 0 Å². The van der Waals surface area contributed by atoms with E-state index in [4.69, 9.17) is 0 Å². The first-order chi connectivity index (χ1) is 7.99. The molecule has 0 N–H and O–H groups in total. The Morgan fingerprint density at radius 3 is 2.00 bits per heavy atom. The normalized spacial score (nSPS) is 14.9. The van der Waals surface area contributed by atoms with E-state index in [0.717, 1.165) is 6.92 Å². The maximum absolute atomic E-state index is 13.0. The van der Waals surface area contributed by atoms with Crippen molar-refractivity contribution >= 4 is 16.9 Å². The van der Waals surface area contributed by atoms with E-state index in [0.29, 0.717) is 11.8 Å². The second kappa shape index (κ2) is 6.63. The van der Waals surface area contributed by atoms with Gasteiger partial charge in [-0.05, 0) is 6.42 Å². The van der Waals surface area contributed by atoms with Gasteiger partial charge in [-0.2, -0.15) is 0 Å². The Bertz CT molecular complexity index is 282. The maximum atomic E-state index is 13.0. The van der Waals surface area contributed by atoms with Crippen LogP contribution in [-0.4, -0.2) is 35.3 Å². The molecule has 0 amide bonds. The van der Waals surface area contributed by atoms with Crippen molar-refractivity contribution in [2.24, 2.45) is 0 Å². The fourth-order valence-electron chi connectivity index (χ4n) is 1.02. The van der Waals surface area contributed by atoms with Crippen LogP contribution in [0.15, 0.2) is 0 Å². The molecule has 0 fully saturated rings. The Morgan fingerprint density at radius 2 is 1.61 bits per heavy atom. The van der Waals surface area contributed by atoms with Gasteiger partial charge in [0.1, 0.15) is 0 Å². The first-order valence-corrected chi connectivity index (χ1v) is 5.79. The zero-order valence-corrected chi connectivity index (χ0v) is 10.1. The summed E-state index contributed by atoms with van der Waals surface area (Å²) in [5, 5.41) is -0.441. The average Bonchev–Trinajstić information content (AvgIpc) is 2.14. The SMILES string of the molecule is CC(=O)SCCC(F)C(F)(F)CC(F)(F)C(F)F. The minimum absolute atomic E-state index is 0.327. The highest BCUT2D eigenvalue weighted by atomic mass is 32.2. The number of halogens is 7. The van der Waals surface area contributed by atoms with Crippen LogP contribution in [0.2, 0.25) is 0 Å². The molecule has 1 unspecified atom stereocenters. The summed E-state index contributed by atoms with van der Waals surface area (Å²) in [6, 6.07) is 0. The van der Waals surface area contributed by atoms with E-state index >= 15 is 0 Å². The van der Waals surface area contributed by atoms with Gasteiger partial charge in [0.15, 0.2) is 11.3 Å². The quantitative estimate of drug-likeness (QED) is 0.663. The summed E-state index contributed by atoms with van der Waals surface area (Å²) in [6.45, 7) is 1.13. The largest absolute Gasteiger partial charge is 0.313 e. The lowest BCUT2D eigenvalue weighted by Crippen LogP contribution is -2.40. The van der Waals surface area contributed by atoms with Crippen LogP contribution in [0.4, 0.5) is 30.7 Å². The summed E-state index contributed by atoms with van der Waals surface area (Å²) in [5.74, 6) is -9.83. The minimum atomic E-state index is -4.94. The van der Waals surface area contributed by atoms with Crippen LogP contribution in [0.5, 0.6) is 0 Å². The molecule has 18 heavy (non-hydrogen) atoms. The zero-order valence-electron chi connectivity index (χ0n) is 9.24. The van der Waals surface area contributed by atoms with Crippen molar-refractivity contribution in [2.75, 3.05) is 5.75 Å². The third kappa shape index (κ3) is 5.92. The Kier molecular flexibility index (Phi) is 6.45. The van der Waals surface area contributed by atoms with Crippen molar-refractivity contribution in [2.45, 2.75) is 44.2 Å². The molecule has 0 aromatic heterocycles. The third-order valence-electron chi connectivity index (χ3n) is 1.93. The maximum Gasteiger partial charge on any atom is 0.313 e. The molecule has 0 aliphatic carbocycles. The molecule has 1 atom stereocenters. The number of alkyl halides is 7. The summed E-state index contributed by atoms with van der Waals surface area (Å²) >= 11 is 0.552. The van der Waals surface area contributed by atoms with Gasteiger partial charge in [0.05, 0.1) is 6.42 Å². The average molecular weight is 300 g/mol. The molecule has 0 spiro atoms. The lowest BCUT2D eigenvalue weighted by Gasteiger charge is -2.25. The number of hydrogen-bond donors (Lipinski definition) is 0. The van der Waals surface area contributed by atoms with Gasteiger partial charge in [0.2, 0.25) is 0 Å². The minimum Gasteiger partial charge on any atom is -0.288 e. The molecule has 0 rings (SSSR count). The third-order valence-corrected chi connectivity index (χ3v) is 2.77. The van der Waals surface area contributed by atoms with Crippen LogP contribution < -0.4 is 0 Å². The Hall–Kier alpha value is -0.470. The molecule has 0 aliphatic rings. The molecular formula is C9H11F7OS. The van der Waals surface area contributed by atoms with Gasteiger partial charge in [0, 0.05) is 12.7 Å². The van der Waals surface area contributed by atoms with Gasteiger partial charge < -0.3 is 0 Å². The van der Waals surface area contributed by atoms with E-state index < -0.39 is 42.4 Å². The standard InChI is InChI=1S/C9H11F7OS/c1-5(17)18-3-2-6(10)8(13,14)4-9(15,16)7(11)12/h6-7H,2-4H2,1H3. The number of hydrogen-bond acceptors (Lipinski definition) is 2. The van der Waals surface area contributed by atoms with Gasteiger partial charge in [-0.1, -0.05) is 11.8 Å². The highest BCUT2D eigenvalue weighted by molar-refractivity contribution is 8.13. The Morgan fingerprint density at radius 1 is 1.11 bits per heavy atom. The lowest BCUT2D eigenvalue weighted by molar-refractivity contribution is -0.195. The summed E-state index contributed by atoms with van der Waals surface area (Å²) < 4.78 is 87.0. The summed E-state index contributed by atoms with van der Waals surface area (Å²) in [5.41, 5.74) is 0. The van der Waals surface area contributed by atoms with E-state index in [1.54, 1.807) is 0 Å². The lowest BCUT2D eigenvalue weighted by atomic mass is 10.0. The van der Waals surface area contributed by atoms with Crippen molar-refractivity contribution in [3.63, 3.8) is 0 Å². The van der Waals surface area contributed by atoms with Crippen molar-refractivity contribution in [3.05, 3.63) is 0 Å². The van der Waals surface area contributed by atoms with Crippen molar-refractivity contribution in [1.82, 2.24) is 0 Å².